The number of methoxy groups -OCH3 is 1. The third-order valence-corrected chi connectivity index (χ3v) is 3.83. The second-order valence-corrected chi connectivity index (χ2v) is 7.57. The third kappa shape index (κ3) is 6.42. The van der Waals surface area contributed by atoms with Gasteiger partial charge >= 0.3 is 11.9 Å². The van der Waals surface area contributed by atoms with Crippen LogP contribution in [0, 0.1) is 0 Å². The van der Waals surface area contributed by atoms with Crippen molar-refractivity contribution in [3.63, 3.8) is 0 Å². The van der Waals surface area contributed by atoms with Gasteiger partial charge in [0.05, 0.1) is 7.11 Å². The van der Waals surface area contributed by atoms with Crippen LogP contribution in [0.4, 0.5) is 0 Å². The molecule has 0 bridgehead atoms. The van der Waals surface area contributed by atoms with Gasteiger partial charge in [-0.05, 0) is 50.6 Å². The zero-order chi connectivity index (χ0) is 22.3. The second-order valence-electron chi connectivity index (χ2n) is 7.14. The molecule has 0 saturated carbocycles. The van der Waals surface area contributed by atoms with Crippen molar-refractivity contribution in [2.24, 2.45) is 0 Å². The fourth-order valence-corrected chi connectivity index (χ4v) is 2.59. The molecule has 0 radical (unpaired) electrons. The Balaban J connectivity index is 2.42. The summed E-state index contributed by atoms with van der Waals surface area (Å²) >= 11 is 6.00. The number of aliphatic hydroxyl groups is 1. The van der Waals surface area contributed by atoms with Gasteiger partial charge < -0.3 is 24.1 Å². The zero-order valence-corrected chi connectivity index (χ0v) is 17.9. The van der Waals surface area contributed by atoms with Crippen molar-refractivity contribution in [3.05, 3.63) is 70.6 Å². The maximum absolute atomic E-state index is 12.9. The summed E-state index contributed by atoms with van der Waals surface area (Å²) in [5.74, 6) is -2.02. The Morgan fingerprint density at radius 1 is 1.10 bits per heavy atom. The van der Waals surface area contributed by atoms with E-state index < -0.39 is 23.3 Å². The van der Waals surface area contributed by atoms with E-state index in [1.165, 1.54) is 6.07 Å². The molecule has 2 aromatic rings. The summed E-state index contributed by atoms with van der Waals surface area (Å²) in [7, 11) is 1.13. The Morgan fingerprint density at radius 3 is 2.37 bits per heavy atom. The van der Waals surface area contributed by atoms with Crippen molar-refractivity contribution >= 4 is 23.5 Å². The van der Waals surface area contributed by atoms with Crippen LogP contribution in [0.5, 0.6) is 11.5 Å². The summed E-state index contributed by atoms with van der Waals surface area (Å²) in [4.78, 5) is 24.6. The summed E-state index contributed by atoms with van der Waals surface area (Å²) in [6.07, 6.45) is 0.449. The number of benzene rings is 2. The lowest BCUT2D eigenvalue weighted by Crippen LogP contribution is -2.25. The summed E-state index contributed by atoms with van der Waals surface area (Å²) in [5, 5.41) is 9.86. The Bertz CT molecular complexity index is 945. The average molecular weight is 435 g/mol. The van der Waals surface area contributed by atoms with E-state index >= 15 is 0 Å². The van der Waals surface area contributed by atoms with Crippen LogP contribution in [0.2, 0.25) is 5.02 Å². The minimum Gasteiger partial charge on any atom is -0.511 e. The monoisotopic (exact) mass is 434 g/mol. The Labute approximate surface area is 179 Å². The molecule has 0 unspecified atom stereocenters. The summed E-state index contributed by atoms with van der Waals surface area (Å²) in [5.41, 5.74) is -0.0426. The van der Waals surface area contributed by atoms with Gasteiger partial charge in [-0.2, -0.15) is 0 Å². The number of carbonyl (C=O) groups excluding carboxylic acids is 2. The Kier molecular flexibility index (Phi) is 7.72. The SMILES string of the molecule is COC(=O)/C(=C\O)Oc1cccc(OCc2cccc(Cl)c2)c1C(=O)OC(C)(C)C. The van der Waals surface area contributed by atoms with Gasteiger partial charge in [-0.25, -0.2) is 9.59 Å². The quantitative estimate of drug-likeness (QED) is 0.379. The molecule has 7 nitrogen and oxygen atoms in total. The molecule has 0 aliphatic carbocycles. The number of rotatable bonds is 7. The minimum atomic E-state index is -0.919. The smallest absolute Gasteiger partial charge is 0.377 e. The van der Waals surface area contributed by atoms with Crippen LogP contribution in [0.25, 0.3) is 0 Å². The molecule has 0 saturated heterocycles. The Morgan fingerprint density at radius 2 is 1.77 bits per heavy atom. The molecule has 0 heterocycles. The first kappa shape index (κ1) is 23.1. The molecule has 30 heavy (non-hydrogen) atoms. The molecule has 2 rings (SSSR count). The molecular weight excluding hydrogens is 412 g/mol. The average Bonchev–Trinajstić information content (AvgIpc) is 2.68. The summed E-state index contributed by atoms with van der Waals surface area (Å²) in [6, 6.07) is 11.7. The van der Waals surface area contributed by atoms with Gasteiger partial charge in [0.2, 0.25) is 5.76 Å². The highest BCUT2D eigenvalue weighted by Gasteiger charge is 2.27. The molecule has 0 spiro atoms. The first-order chi connectivity index (χ1) is 14.1. The number of hydrogen-bond donors (Lipinski definition) is 1. The molecule has 0 aliphatic rings. The molecule has 0 fully saturated rings. The first-order valence-electron chi connectivity index (χ1n) is 8.98. The predicted octanol–water partition coefficient (Wildman–Crippen LogP) is 4.83. The van der Waals surface area contributed by atoms with Crippen molar-refractivity contribution in [2.75, 3.05) is 7.11 Å². The van der Waals surface area contributed by atoms with Gasteiger partial charge in [-0.3, -0.25) is 0 Å². The number of carbonyl (C=O) groups is 2. The number of hydrogen-bond acceptors (Lipinski definition) is 7. The van der Waals surface area contributed by atoms with Gasteiger partial charge in [0.25, 0.3) is 0 Å². The van der Waals surface area contributed by atoms with E-state index in [1.807, 2.05) is 6.07 Å². The second kappa shape index (κ2) is 10.0. The maximum Gasteiger partial charge on any atom is 0.377 e. The van der Waals surface area contributed by atoms with E-state index in [4.69, 9.17) is 25.8 Å². The van der Waals surface area contributed by atoms with Gasteiger partial charge in [0.1, 0.15) is 35.5 Å². The molecule has 0 aromatic heterocycles. The number of esters is 2. The standard InChI is InChI=1S/C22H23ClO7/c1-22(2,3)30-21(26)19-16(28-13-14-7-5-8-15(23)11-14)9-6-10-17(19)29-18(12-24)20(25)27-4/h5-12,24H,13H2,1-4H3/b18-12+. The van der Waals surface area contributed by atoms with Gasteiger partial charge in [-0.1, -0.05) is 29.8 Å². The van der Waals surface area contributed by atoms with Crippen molar-refractivity contribution in [1.29, 1.82) is 0 Å². The van der Waals surface area contributed by atoms with Crippen LogP contribution in [-0.2, 0) is 20.9 Å². The number of ether oxygens (including phenoxy) is 4. The van der Waals surface area contributed by atoms with E-state index in [2.05, 4.69) is 4.74 Å². The van der Waals surface area contributed by atoms with Crippen molar-refractivity contribution in [3.8, 4) is 11.5 Å². The number of halogens is 1. The van der Waals surface area contributed by atoms with Gasteiger partial charge in [-0.15, -0.1) is 0 Å². The van der Waals surface area contributed by atoms with E-state index in [0.29, 0.717) is 11.3 Å². The molecule has 2 aromatic carbocycles. The molecule has 8 heteroatoms. The Hall–Kier alpha value is -3.19. The van der Waals surface area contributed by atoms with Crippen molar-refractivity contribution in [2.45, 2.75) is 33.0 Å². The first-order valence-corrected chi connectivity index (χ1v) is 9.36. The van der Waals surface area contributed by atoms with Crippen LogP contribution >= 0.6 is 11.6 Å². The van der Waals surface area contributed by atoms with Crippen LogP contribution in [0.15, 0.2) is 54.5 Å². The molecule has 0 amide bonds. The van der Waals surface area contributed by atoms with E-state index in [1.54, 1.807) is 51.1 Å². The van der Waals surface area contributed by atoms with Crippen LogP contribution in [0.1, 0.15) is 36.7 Å². The normalized spacial score (nSPS) is 11.6. The third-order valence-electron chi connectivity index (χ3n) is 3.60. The fraction of sp³-hybridized carbons (Fsp3) is 0.273. The predicted molar refractivity (Wildman–Crippen MR) is 111 cm³/mol. The minimum absolute atomic E-state index is 0.0430. The van der Waals surface area contributed by atoms with Crippen molar-refractivity contribution < 1.29 is 33.6 Å². The van der Waals surface area contributed by atoms with E-state index in [-0.39, 0.29) is 23.7 Å². The fourth-order valence-electron chi connectivity index (χ4n) is 2.37. The van der Waals surface area contributed by atoms with Crippen LogP contribution in [0.3, 0.4) is 0 Å². The molecule has 1 N–H and O–H groups in total. The van der Waals surface area contributed by atoms with Gasteiger partial charge in [0.15, 0.2) is 0 Å². The highest BCUT2D eigenvalue weighted by atomic mass is 35.5. The lowest BCUT2D eigenvalue weighted by atomic mass is 10.1. The highest BCUT2D eigenvalue weighted by molar-refractivity contribution is 6.30. The highest BCUT2D eigenvalue weighted by Crippen LogP contribution is 2.32. The lowest BCUT2D eigenvalue weighted by Gasteiger charge is -2.22. The van der Waals surface area contributed by atoms with Gasteiger partial charge in [0, 0.05) is 5.02 Å². The molecule has 0 aliphatic heterocycles. The topological polar surface area (TPSA) is 91.3 Å². The summed E-state index contributed by atoms with van der Waals surface area (Å²) in [6.45, 7) is 5.27. The largest absolute Gasteiger partial charge is 0.511 e. The van der Waals surface area contributed by atoms with E-state index in [0.717, 1.165) is 12.7 Å². The molecular formula is C22H23ClO7. The summed E-state index contributed by atoms with van der Waals surface area (Å²) < 4.78 is 21.3. The van der Waals surface area contributed by atoms with Crippen molar-refractivity contribution in [1.82, 2.24) is 0 Å². The zero-order valence-electron chi connectivity index (χ0n) is 17.1. The molecule has 160 valence electrons. The van der Waals surface area contributed by atoms with Crippen LogP contribution in [-0.4, -0.2) is 29.8 Å². The lowest BCUT2D eigenvalue weighted by molar-refractivity contribution is -0.138. The maximum atomic E-state index is 12.9. The van der Waals surface area contributed by atoms with Crippen LogP contribution < -0.4 is 9.47 Å². The molecule has 0 atom stereocenters. The van der Waals surface area contributed by atoms with E-state index in [9.17, 15) is 14.7 Å². The number of aliphatic hydroxyl groups excluding tert-OH is 1.